The molecule has 0 saturated carbocycles. The fourth-order valence-electron chi connectivity index (χ4n) is 1.02. The summed E-state index contributed by atoms with van der Waals surface area (Å²) in [5.74, 6) is 1.85. The molecule has 0 aliphatic rings. The van der Waals surface area contributed by atoms with Crippen molar-refractivity contribution in [1.82, 2.24) is 4.90 Å². The zero-order chi connectivity index (χ0) is 11.4. The fraction of sp³-hybridized carbons (Fsp3) is 0.250. The summed E-state index contributed by atoms with van der Waals surface area (Å²) in [6, 6.07) is 6.84. The predicted octanol–water partition coefficient (Wildman–Crippen LogP) is 1.84. The molecule has 0 atom stereocenters. The summed E-state index contributed by atoms with van der Waals surface area (Å²) < 4.78 is 12.9. The van der Waals surface area contributed by atoms with E-state index in [4.69, 9.17) is 0 Å². The average molecular weight is 205 g/mol. The van der Waals surface area contributed by atoms with Crippen molar-refractivity contribution >= 4 is 5.78 Å². The van der Waals surface area contributed by atoms with Gasteiger partial charge in [-0.3, -0.25) is 4.79 Å². The highest BCUT2D eigenvalue weighted by Gasteiger charge is 2.04. The Labute approximate surface area is 88.7 Å². The lowest BCUT2D eigenvalue weighted by Gasteiger charge is -1.99. The average Bonchev–Trinajstić information content (AvgIpc) is 2.18. The van der Waals surface area contributed by atoms with Crippen LogP contribution in [0.2, 0.25) is 0 Å². The van der Waals surface area contributed by atoms with Gasteiger partial charge in [0.1, 0.15) is 5.82 Å². The van der Waals surface area contributed by atoms with Crippen LogP contribution in [0, 0.1) is 24.7 Å². The summed E-state index contributed by atoms with van der Waals surface area (Å²) in [5, 5.41) is 0. The van der Waals surface area contributed by atoms with Crippen LogP contribution < -0.4 is 0 Å². The number of Topliss-reactive ketones (excluding diaryl/α,β-unsaturated/α-hetero) is 1. The number of carbonyl (C=O) groups is 1. The van der Waals surface area contributed by atoms with Crippen LogP contribution >= 0.6 is 0 Å². The first-order valence-corrected chi connectivity index (χ1v) is 4.50. The Kier molecular flexibility index (Phi) is 3.46. The zero-order valence-electron chi connectivity index (χ0n) is 8.97. The van der Waals surface area contributed by atoms with Gasteiger partial charge in [0, 0.05) is 25.7 Å². The molecule has 0 amide bonds. The number of rotatable bonds is 1. The minimum atomic E-state index is -0.313. The third-order valence-electron chi connectivity index (χ3n) is 1.81. The molecule has 0 aromatic heterocycles. The van der Waals surface area contributed by atoms with Crippen molar-refractivity contribution in [3.05, 3.63) is 35.1 Å². The monoisotopic (exact) mass is 205 g/mol. The molecule has 0 aliphatic heterocycles. The summed E-state index contributed by atoms with van der Waals surface area (Å²) in [6.07, 6.45) is 0. The van der Waals surface area contributed by atoms with Gasteiger partial charge in [0.2, 0.25) is 5.78 Å². The van der Waals surface area contributed by atoms with Gasteiger partial charge >= 0.3 is 0 Å². The molecule has 0 heterocycles. The van der Waals surface area contributed by atoms with Gasteiger partial charge in [0.25, 0.3) is 0 Å². The molecule has 0 radical (unpaired) electrons. The number of halogens is 1. The van der Waals surface area contributed by atoms with Gasteiger partial charge in [-0.1, -0.05) is 0 Å². The van der Waals surface area contributed by atoms with E-state index in [0.29, 0.717) is 11.1 Å². The molecule has 78 valence electrons. The summed E-state index contributed by atoms with van der Waals surface area (Å²) in [4.78, 5) is 13.1. The normalized spacial score (nSPS) is 9.07. The van der Waals surface area contributed by atoms with E-state index >= 15 is 0 Å². The number of carbonyl (C=O) groups excluding carboxylic acids is 1. The molecule has 2 nitrogen and oxygen atoms in total. The first-order chi connectivity index (χ1) is 7.00. The number of benzene rings is 1. The van der Waals surface area contributed by atoms with Gasteiger partial charge in [-0.05, 0) is 36.6 Å². The molecule has 0 unspecified atom stereocenters. The molecule has 1 aromatic carbocycles. The Bertz CT molecular complexity index is 441. The van der Waals surface area contributed by atoms with Crippen LogP contribution in [0.25, 0.3) is 0 Å². The van der Waals surface area contributed by atoms with Gasteiger partial charge in [-0.2, -0.15) is 0 Å². The Morgan fingerprint density at radius 1 is 1.40 bits per heavy atom. The van der Waals surface area contributed by atoms with Crippen molar-refractivity contribution in [2.45, 2.75) is 6.92 Å². The van der Waals surface area contributed by atoms with Crippen molar-refractivity contribution in [2.24, 2.45) is 0 Å². The first kappa shape index (κ1) is 11.3. The van der Waals surface area contributed by atoms with E-state index in [-0.39, 0.29) is 11.6 Å². The highest BCUT2D eigenvalue weighted by molar-refractivity contribution is 6.09. The van der Waals surface area contributed by atoms with E-state index < -0.39 is 0 Å². The summed E-state index contributed by atoms with van der Waals surface area (Å²) in [5.41, 5.74) is 0.871. The van der Waals surface area contributed by atoms with Crippen LogP contribution in [-0.2, 0) is 0 Å². The molecule has 3 heteroatoms. The van der Waals surface area contributed by atoms with Crippen LogP contribution in [0.4, 0.5) is 4.39 Å². The number of hydrogen-bond donors (Lipinski definition) is 0. The van der Waals surface area contributed by atoms with E-state index in [1.807, 2.05) is 0 Å². The van der Waals surface area contributed by atoms with Crippen LogP contribution in [-0.4, -0.2) is 24.8 Å². The Balaban J connectivity index is 2.94. The molecule has 0 bridgehead atoms. The molecule has 0 N–H and O–H groups in total. The van der Waals surface area contributed by atoms with Crippen molar-refractivity contribution in [3.63, 3.8) is 0 Å². The second kappa shape index (κ2) is 4.61. The van der Waals surface area contributed by atoms with Gasteiger partial charge in [0.05, 0.1) is 0 Å². The quantitative estimate of drug-likeness (QED) is 0.396. The standard InChI is InChI=1S/C12H12FNO/c1-9-8-10(4-5-11(9)13)12(15)6-7-14(2)3/h4-5,8H,1-3H3. The second-order valence-electron chi connectivity index (χ2n) is 3.42. The summed E-state index contributed by atoms with van der Waals surface area (Å²) >= 11 is 0. The first-order valence-electron chi connectivity index (χ1n) is 4.50. The number of nitrogens with zero attached hydrogens (tertiary/aromatic N) is 1. The zero-order valence-corrected chi connectivity index (χ0v) is 8.97. The maximum Gasteiger partial charge on any atom is 0.237 e. The van der Waals surface area contributed by atoms with Gasteiger partial charge < -0.3 is 4.90 Å². The van der Waals surface area contributed by atoms with E-state index in [9.17, 15) is 9.18 Å². The van der Waals surface area contributed by atoms with Crippen molar-refractivity contribution in [1.29, 1.82) is 0 Å². The topological polar surface area (TPSA) is 20.3 Å². The maximum atomic E-state index is 12.9. The molecular weight excluding hydrogens is 193 g/mol. The molecule has 0 aliphatic carbocycles. The Morgan fingerprint density at radius 2 is 2.07 bits per heavy atom. The highest BCUT2D eigenvalue weighted by Crippen LogP contribution is 2.09. The largest absolute Gasteiger partial charge is 0.338 e. The van der Waals surface area contributed by atoms with Crippen molar-refractivity contribution < 1.29 is 9.18 Å². The third-order valence-corrected chi connectivity index (χ3v) is 1.81. The SMILES string of the molecule is Cc1cc(C(=O)C#CN(C)C)ccc1F. The van der Waals surface area contributed by atoms with E-state index in [1.165, 1.54) is 18.2 Å². The molecule has 0 saturated heterocycles. The lowest BCUT2D eigenvalue weighted by Crippen LogP contribution is -2.04. The second-order valence-corrected chi connectivity index (χ2v) is 3.42. The molecule has 0 spiro atoms. The van der Waals surface area contributed by atoms with Crippen molar-refractivity contribution in [3.8, 4) is 12.0 Å². The number of aryl methyl sites for hydroxylation is 1. The van der Waals surface area contributed by atoms with E-state index in [0.717, 1.165) is 0 Å². The smallest absolute Gasteiger partial charge is 0.237 e. The number of ketones is 1. The molecule has 15 heavy (non-hydrogen) atoms. The van der Waals surface area contributed by atoms with Crippen LogP contribution in [0.3, 0.4) is 0 Å². The van der Waals surface area contributed by atoms with Crippen LogP contribution in [0.15, 0.2) is 18.2 Å². The summed E-state index contributed by atoms with van der Waals surface area (Å²) in [6.45, 7) is 1.62. The fourth-order valence-corrected chi connectivity index (χ4v) is 1.02. The minimum Gasteiger partial charge on any atom is -0.338 e. The number of hydrogen-bond acceptors (Lipinski definition) is 2. The van der Waals surface area contributed by atoms with Gasteiger partial charge in [-0.15, -0.1) is 0 Å². The minimum absolute atomic E-state index is 0.299. The Hall–Kier alpha value is -1.82. The summed E-state index contributed by atoms with van der Waals surface area (Å²) in [7, 11) is 3.49. The van der Waals surface area contributed by atoms with Gasteiger partial charge in [0.15, 0.2) is 0 Å². The Morgan fingerprint density at radius 3 is 2.60 bits per heavy atom. The lowest BCUT2D eigenvalue weighted by atomic mass is 10.1. The molecular formula is C12H12FNO. The maximum absolute atomic E-state index is 12.9. The molecule has 1 rings (SSSR count). The van der Waals surface area contributed by atoms with Crippen molar-refractivity contribution in [2.75, 3.05) is 14.1 Å². The third kappa shape index (κ3) is 3.10. The lowest BCUT2D eigenvalue weighted by molar-refractivity contribution is 0.105. The van der Waals surface area contributed by atoms with E-state index in [2.05, 4.69) is 12.0 Å². The van der Waals surface area contributed by atoms with E-state index in [1.54, 1.807) is 25.9 Å². The molecule has 0 fully saturated rings. The highest BCUT2D eigenvalue weighted by atomic mass is 19.1. The van der Waals surface area contributed by atoms with Gasteiger partial charge in [-0.25, -0.2) is 4.39 Å². The predicted molar refractivity (Wildman–Crippen MR) is 56.9 cm³/mol. The van der Waals surface area contributed by atoms with Crippen LogP contribution in [0.5, 0.6) is 0 Å². The van der Waals surface area contributed by atoms with Crippen LogP contribution in [0.1, 0.15) is 15.9 Å². The molecule has 1 aromatic rings.